The standard InChI is InChI=1S/C16H24N2O6S/c1-25(20,21)24-15-9-14(12-22-8-7-17)18(10-15)16(19)23-11-13-5-3-2-4-6-13/h2-6,14-15H,7-12,17H2,1H3/t14-,15+/m0/s1. The van der Waals surface area contributed by atoms with Crippen molar-refractivity contribution in [3.63, 3.8) is 0 Å². The van der Waals surface area contributed by atoms with Gasteiger partial charge in [0.2, 0.25) is 0 Å². The molecule has 8 nitrogen and oxygen atoms in total. The highest BCUT2D eigenvalue weighted by molar-refractivity contribution is 7.86. The highest BCUT2D eigenvalue weighted by atomic mass is 32.2. The number of nitrogens with zero attached hydrogens (tertiary/aromatic N) is 1. The minimum Gasteiger partial charge on any atom is -0.445 e. The first kappa shape index (κ1) is 19.6. The van der Waals surface area contributed by atoms with Crippen molar-refractivity contribution in [2.75, 3.05) is 32.6 Å². The van der Waals surface area contributed by atoms with Crippen molar-refractivity contribution in [2.24, 2.45) is 5.73 Å². The van der Waals surface area contributed by atoms with Gasteiger partial charge in [0.15, 0.2) is 0 Å². The molecule has 1 aliphatic rings. The summed E-state index contributed by atoms with van der Waals surface area (Å²) in [5.41, 5.74) is 6.27. The van der Waals surface area contributed by atoms with Crippen molar-refractivity contribution >= 4 is 16.2 Å². The molecule has 0 bridgehead atoms. The molecule has 9 heteroatoms. The molecule has 0 aromatic heterocycles. The van der Waals surface area contributed by atoms with Crippen LogP contribution in [0.4, 0.5) is 4.79 Å². The zero-order valence-corrected chi connectivity index (χ0v) is 15.0. The van der Waals surface area contributed by atoms with E-state index in [1.54, 1.807) is 0 Å². The molecule has 0 saturated carbocycles. The molecule has 2 N–H and O–H groups in total. The Morgan fingerprint density at radius 2 is 2.04 bits per heavy atom. The molecule has 25 heavy (non-hydrogen) atoms. The molecule has 0 spiro atoms. The first-order valence-electron chi connectivity index (χ1n) is 8.02. The Morgan fingerprint density at radius 1 is 1.32 bits per heavy atom. The summed E-state index contributed by atoms with van der Waals surface area (Å²) in [6, 6.07) is 8.99. The zero-order valence-electron chi connectivity index (χ0n) is 14.2. The molecule has 1 amide bonds. The van der Waals surface area contributed by atoms with Gasteiger partial charge in [-0.3, -0.25) is 4.18 Å². The van der Waals surface area contributed by atoms with Crippen molar-refractivity contribution in [1.82, 2.24) is 4.90 Å². The summed E-state index contributed by atoms with van der Waals surface area (Å²) in [5.74, 6) is 0. The van der Waals surface area contributed by atoms with Gasteiger partial charge in [-0.2, -0.15) is 8.42 Å². The Kier molecular flexibility index (Phi) is 7.18. The van der Waals surface area contributed by atoms with Gasteiger partial charge in [-0.05, 0) is 12.0 Å². The van der Waals surface area contributed by atoms with E-state index in [4.69, 9.17) is 19.4 Å². The largest absolute Gasteiger partial charge is 0.445 e. The van der Waals surface area contributed by atoms with Crippen LogP contribution in [0.25, 0.3) is 0 Å². The van der Waals surface area contributed by atoms with E-state index in [0.29, 0.717) is 19.6 Å². The summed E-state index contributed by atoms with van der Waals surface area (Å²) >= 11 is 0. The SMILES string of the molecule is CS(=O)(=O)O[C@@H]1C[C@@H](COCCN)N(C(=O)OCc2ccccc2)C1. The van der Waals surface area contributed by atoms with Gasteiger partial charge in [-0.15, -0.1) is 0 Å². The number of amides is 1. The second-order valence-corrected chi connectivity index (χ2v) is 7.47. The highest BCUT2D eigenvalue weighted by Gasteiger charge is 2.38. The molecule has 2 rings (SSSR count). The molecule has 1 aromatic rings. The topological polar surface area (TPSA) is 108 Å². The minimum absolute atomic E-state index is 0.136. The Morgan fingerprint density at radius 3 is 2.68 bits per heavy atom. The van der Waals surface area contributed by atoms with E-state index in [1.165, 1.54) is 4.90 Å². The number of hydrogen-bond donors (Lipinski definition) is 1. The predicted octanol–water partition coefficient (Wildman–Crippen LogP) is 0.718. The number of hydrogen-bond acceptors (Lipinski definition) is 7. The summed E-state index contributed by atoms with van der Waals surface area (Å²) in [5, 5.41) is 0. The second-order valence-electron chi connectivity index (χ2n) is 5.87. The third-order valence-corrected chi connectivity index (χ3v) is 4.32. The highest BCUT2D eigenvalue weighted by Crippen LogP contribution is 2.23. The lowest BCUT2D eigenvalue weighted by Crippen LogP contribution is -2.39. The molecule has 1 heterocycles. The fourth-order valence-corrected chi connectivity index (χ4v) is 3.31. The van der Waals surface area contributed by atoms with Crippen molar-refractivity contribution in [2.45, 2.75) is 25.2 Å². The fraction of sp³-hybridized carbons (Fsp3) is 0.562. The average molecular weight is 372 g/mol. The van der Waals surface area contributed by atoms with E-state index >= 15 is 0 Å². The third kappa shape index (κ3) is 6.62. The van der Waals surface area contributed by atoms with Gasteiger partial charge in [0.05, 0.1) is 38.2 Å². The second kappa shape index (κ2) is 9.14. The van der Waals surface area contributed by atoms with Crippen LogP contribution in [0.5, 0.6) is 0 Å². The van der Waals surface area contributed by atoms with E-state index in [0.717, 1.165) is 11.8 Å². The maximum atomic E-state index is 12.4. The lowest BCUT2D eigenvalue weighted by atomic mass is 10.2. The number of rotatable bonds is 8. The van der Waals surface area contributed by atoms with Crippen molar-refractivity contribution in [1.29, 1.82) is 0 Å². The monoisotopic (exact) mass is 372 g/mol. The van der Waals surface area contributed by atoms with E-state index in [1.807, 2.05) is 30.3 Å². The molecule has 1 aliphatic heterocycles. The van der Waals surface area contributed by atoms with Gasteiger partial charge >= 0.3 is 6.09 Å². The first-order valence-corrected chi connectivity index (χ1v) is 9.84. The molecule has 1 aromatic carbocycles. The molecule has 1 saturated heterocycles. The van der Waals surface area contributed by atoms with Crippen LogP contribution in [-0.4, -0.2) is 64.1 Å². The molecule has 1 fully saturated rings. The van der Waals surface area contributed by atoms with Crippen molar-refractivity contribution in [3.05, 3.63) is 35.9 Å². The Balaban J connectivity index is 1.96. The Labute approximate surface area is 148 Å². The maximum Gasteiger partial charge on any atom is 0.410 e. The average Bonchev–Trinajstić information content (AvgIpc) is 2.94. The number of likely N-dealkylation sites (tertiary alicyclic amines) is 1. The molecule has 0 unspecified atom stereocenters. The first-order chi connectivity index (χ1) is 11.9. The van der Waals surface area contributed by atoms with Gasteiger partial charge in [0.1, 0.15) is 6.61 Å². The van der Waals surface area contributed by atoms with E-state index in [2.05, 4.69) is 0 Å². The third-order valence-electron chi connectivity index (χ3n) is 3.70. The summed E-state index contributed by atoms with van der Waals surface area (Å²) in [6.07, 6.45) is 0.219. The number of carbonyl (C=O) groups excluding carboxylic acids is 1. The molecule has 0 radical (unpaired) electrons. The zero-order chi connectivity index (χ0) is 18.3. The summed E-state index contributed by atoms with van der Waals surface area (Å²) in [4.78, 5) is 13.8. The van der Waals surface area contributed by atoms with Gasteiger partial charge in [0.25, 0.3) is 10.1 Å². The quantitative estimate of drug-likeness (QED) is 0.529. The lowest BCUT2D eigenvalue weighted by molar-refractivity contribution is 0.0570. The van der Waals surface area contributed by atoms with Crippen LogP contribution < -0.4 is 5.73 Å². The van der Waals surface area contributed by atoms with E-state index < -0.39 is 22.3 Å². The lowest BCUT2D eigenvalue weighted by Gasteiger charge is -2.23. The predicted molar refractivity (Wildman–Crippen MR) is 91.3 cm³/mol. The Hall–Kier alpha value is -1.68. The maximum absolute atomic E-state index is 12.4. The van der Waals surface area contributed by atoms with Crippen LogP contribution in [0.3, 0.4) is 0 Å². The van der Waals surface area contributed by atoms with Crippen molar-refractivity contribution in [3.8, 4) is 0 Å². The minimum atomic E-state index is -3.60. The van der Waals surface area contributed by atoms with Crippen LogP contribution in [0, 0.1) is 0 Å². The number of ether oxygens (including phenoxy) is 2. The van der Waals surface area contributed by atoms with Gasteiger partial charge in [-0.1, -0.05) is 30.3 Å². The normalized spacial score (nSPS) is 20.6. The summed E-state index contributed by atoms with van der Waals surface area (Å²) in [6.45, 7) is 1.26. The van der Waals surface area contributed by atoms with Crippen LogP contribution in [0.2, 0.25) is 0 Å². The van der Waals surface area contributed by atoms with Gasteiger partial charge in [0, 0.05) is 6.54 Å². The summed E-state index contributed by atoms with van der Waals surface area (Å²) in [7, 11) is -3.60. The smallest absolute Gasteiger partial charge is 0.410 e. The van der Waals surface area contributed by atoms with E-state index in [-0.39, 0.29) is 25.8 Å². The molecular weight excluding hydrogens is 348 g/mol. The van der Waals surface area contributed by atoms with Crippen LogP contribution in [0.1, 0.15) is 12.0 Å². The van der Waals surface area contributed by atoms with Crippen LogP contribution >= 0.6 is 0 Å². The summed E-state index contributed by atoms with van der Waals surface area (Å²) < 4.78 is 38.4. The molecule has 140 valence electrons. The molecule has 0 aliphatic carbocycles. The number of nitrogens with two attached hydrogens (primary N) is 1. The van der Waals surface area contributed by atoms with Gasteiger partial charge in [-0.25, -0.2) is 4.79 Å². The van der Waals surface area contributed by atoms with Gasteiger partial charge < -0.3 is 20.1 Å². The fourth-order valence-electron chi connectivity index (χ4n) is 2.68. The number of carbonyl (C=O) groups is 1. The van der Waals surface area contributed by atoms with Crippen LogP contribution in [-0.2, 0) is 30.4 Å². The van der Waals surface area contributed by atoms with Crippen molar-refractivity contribution < 1.29 is 26.9 Å². The number of benzene rings is 1. The van der Waals surface area contributed by atoms with Crippen LogP contribution in [0.15, 0.2) is 30.3 Å². The molecule has 2 atom stereocenters. The Bertz CT molecular complexity index is 652. The van der Waals surface area contributed by atoms with E-state index in [9.17, 15) is 13.2 Å². The molecular formula is C16H24N2O6S.